The maximum Gasteiger partial charge on any atom is 0.159 e. The average molecular weight is 228 g/mol. The van der Waals surface area contributed by atoms with Gasteiger partial charge in [-0.1, -0.05) is 29.8 Å². The monoisotopic (exact) mass is 227 g/mol. The van der Waals surface area contributed by atoms with Gasteiger partial charge in [0.25, 0.3) is 0 Å². The summed E-state index contributed by atoms with van der Waals surface area (Å²) in [5, 5.41) is 0.697. The van der Waals surface area contributed by atoms with Crippen molar-refractivity contribution in [3.05, 3.63) is 34.9 Å². The maximum atomic E-state index is 6.04. The minimum atomic E-state index is -0.184. The van der Waals surface area contributed by atoms with Crippen molar-refractivity contribution in [1.29, 1.82) is 0 Å². The van der Waals surface area contributed by atoms with E-state index < -0.39 is 0 Å². The Labute approximate surface area is 94.1 Å². The number of nitrogens with two attached hydrogens (primary N) is 1. The summed E-state index contributed by atoms with van der Waals surface area (Å²) in [6.45, 7) is 1.31. The lowest BCUT2D eigenvalue weighted by Gasteiger charge is -2.16. The summed E-state index contributed by atoms with van der Waals surface area (Å²) in [6.07, 6.45) is 0.459. The molecule has 0 aromatic heterocycles. The van der Waals surface area contributed by atoms with Crippen LogP contribution in [-0.2, 0) is 9.47 Å². The van der Waals surface area contributed by atoms with Gasteiger partial charge in [-0.15, -0.1) is 0 Å². The van der Waals surface area contributed by atoms with Crippen LogP contribution in [-0.4, -0.2) is 19.5 Å². The van der Waals surface area contributed by atoms with Gasteiger partial charge in [0.05, 0.1) is 13.2 Å². The van der Waals surface area contributed by atoms with E-state index in [1.54, 1.807) is 0 Å². The Morgan fingerprint density at radius 3 is 2.67 bits per heavy atom. The summed E-state index contributed by atoms with van der Waals surface area (Å²) in [6, 6.07) is 7.45. The van der Waals surface area contributed by atoms with E-state index in [1.165, 1.54) is 0 Å². The molecule has 1 heterocycles. The van der Waals surface area contributed by atoms with Gasteiger partial charge in [0, 0.05) is 17.5 Å². The predicted molar refractivity (Wildman–Crippen MR) is 58.7 cm³/mol. The Bertz CT molecular complexity index is 326. The number of benzene rings is 1. The first kappa shape index (κ1) is 10.9. The molecule has 1 saturated heterocycles. The van der Waals surface area contributed by atoms with Crippen molar-refractivity contribution in [2.24, 2.45) is 5.73 Å². The summed E-state index contributed by atoms with van der Waals surface area (Å²) in [7, 11) is 0. The summed E-state index contributed by atoms with van der Waals surface area (Å²) in [4.78, 5) is 0. The first-order valence-corrected chi connectivity index (χ1v) is 5.38. The van der Waals surface area contributed by atoms with E-state index >= 15 is 0 Å². The van der Waals surface area contributed by atoms with E-state index in [1.807, 2.05) is 24.3 Å². The molecular formula is C11H14ClNO2. The van der Waals surface area contributed by atoms with Gasteiger partial charge in [-0.2, -0.15) is 0 Å². The van der Waals surface area contributed by atoms with E-state index in [2.05, 4.69) is 0 Å². The Kier molecular flexibility index (Phi) is 3.59. The third kappa shape index (κ3) is 2.69. The van der Waals surface area contributed by atoms with Crippen molar-refractivity contribution in [2.45, 2.75) is 18.8 Å². The van der Waals surface area contributed by atoms with Crippen LogP contribution in [0.3, 0.4) is 0 Å². The molecule has 1 fully saturated rings. The molecule has 4 heteroatoms. The quantitative estimate of drug-likeness (QED) is 0.860. The molecule has 2 N–H and O–H groups in total. The second-order valence-electron chi connectivity index (χ2n) is 3.53. The van der Waals surface area contributed by atoms with Crippen molar-refractivity contribution in [3.63, 3.8) is 0 Å². The zero-order valence-electron chi connectivity index (χ0n) is 8.36. The van der Waals surface area contributed by atoms with Gasteiger partial charge in [-0.25, -0.2) is 0 Å². The van der Waals surface area contributed by atoms with E-state index in [4.69, 9.17) is 26.8 Å². The summed E-state index contributed by atoms with van der Waals surface area (Å²) in [5.41, 5.74) is 6.97. The van der Waals surface area contributed by atoms with E-state index in [-0.39, 0.29) is 12.3 Å². The lowest BCUT2D eigenvalue weighted by Crippen LogP contribution is -2.19. The molecule has 1 aromatic carbocycles. The largest absolute Gasteiger partial charge is 0.350 e. The van der Waals surface area contributed by atoms with Gasteiger partial charge < -0.3 is 15.2 Å². The van der Waals surface area contributed by atoms with Crippen molar-refractivity contribution >= 4 is 11.6 Å². The number of hydrogen-bond acceptors (Lipinski definition) is 3. The topological polar surface area (TPSA) is 44.5 Å². The summed E-state index contributed by atoms with van der Waals surface area (Å²) in [5.74, 6) is 0. The van der Waals surface area contributed by atoms with E-state index in [0.29, 0.717) is 24.7 Å². The Morgan fingerprint density at radius 2 is 2.00 bits per heavy atom. The predicted octanol–water partition coefficient (Wildman–Crippen LogP) is 2.10. The zero-order chi connectivity index (χ0) is 10.7. The van der Waals surface area contributed by atoms with Crippen LogP contribution >= 0.6 is 11.6 Å². The van der Waals surface area contributed by atoms with Crippen LogP contribution in [0.2, 0.25) is 5.02 Å². The van der Waals surface area contributed by atoms with Gasteiger partial charge in [0.2, 0.25) is 0 Å². The number of ether oxygens (including phenoxy) is 2. The highest BCUT2D eigenvalue weighted by molar-refractivity contribution is 6.31. The minimum Gasteiger partial charge on any atom is -0.350 e. The number of halogens is 1. The molecule has 2 rings (SSSR count). The molecule has 0 saturated carbocycles. The SMILES string of the molecule is NC(CC1OCCO1)c1ccccc1Cl. The third-order valence-electron chi connectivity index (χ3n) is 2.44. The van der Waals surface area contributed by atoms with E-state index in [9.17, 15) is 0 Å². The lowest BCUT2D eigenvalue weighted by atomic mass is 10.0. The second-order valence-corrected chi connectivity index (χ2v) is 3.94. The van der Waals surface area contributed by atoms with Crippen LogP contribution < -0.4 is 5.73 Å². The molecule has 3 nitrogen and oxygen atoms in total. The third-order valence-corrected chi connectivity index (χ3v) is 2.79. The van der Waals surface area contributed by atoms with Gasteiger partial charge in [0.15, 0.2) is 6.29 Å². The first-order chi connectivity index (χ1) is 7.27. The molecule has 82 valence electrons. The van der Waals surface area contributed by atoms with Gasteiger partial charge in [-0.05, 0) is 11.6 Å². The first-order valence-electron chi connectivity index (χ1n) is 5.00. The highest BCUT2D eigenvalue weighted by Gasteiger charge is 2.21. The Balaban J connectivity index is 2.00. The van der Waals surface area contributed by atoms with Crippen molar-refractivity contribution < 1.29 is 9.47 Å². The Hall–Kier alpha value is -0.610. The lowest BCUT2D eigenvalue weighted by molar-refractivity contribution is -0.0507. The van der Waals surface area contributed by atoms with Crippen LogP contribution in [0.15, 0.2) is 24.3 Å². The standard InChI is InChI=1S/C11H14ClNO2/c12-9-4-2-1-3-8(9)10(13)7-11-14-5-6-15-11/h1-4,10-11H,5-7,13H2. The number of rotatable bonds is 3. The van der Waals surface area contributed by atoms with Crippen LogP contribution in [0.4, 0.5) is 0 Å². The zero-order valence-corrected chi connectivity index (χ0v) is 9.11. The number of hydrogen-bond donors (Lipinski definition) is 1. The molecule has 1 aliphatic rings. The summed E-state index contributed by atoms with van der Waals surface area (Å²) < 4.78 is 10.7. The fraction of sp³-hybridized carbons (Fsp3) is 0.455. The molecule has 0 radical (unpaired) electrons. The fourth-order valence-electron chi connectivity index (χ4n) is 1.65. The van der Waals surface area contributed by atoms with Crippen molar-refractivity contribution in [1.82, 2.24) is 0 Å². The highest BCUT2D eigenvalue weighted by atomic mass is 35.5. The Morgan fingerprint density at radius 1 is 1.33 bits per heavy atom. The van der Waals surface area contributed by atoms with E-state index in [0.717, 1.165) is 5.56 Å². The highest BCUT2D eigenvalue weighted by Crippen LogP contribution is 2.25. The maximum absolute atomic E-state index is 6.04. The molecule has 1 unspecified atom stereocenters. The van der Waals surface area contributed by atoms with Crippen molar-refractivity contribution in [3.8, 4) is 0 Å². The molecule has 1 aromatic rings. The van der Waals surface area contributed by atoms with Gasteiger partial charge in [0.1, 0.15) is 0 Å². The second kappa shape index (κ2) is 4.94. The van der Waals surface area contributed by atoms with Crippen LogP contribution in [0, 0.1) is 0 Å². The normalized spacial score (nSPS) is 19.3. The summed E-state index contributed by atoms with van der Waals surface area (Å²) >= 11 is 6.04. The molecule has 1 atom stereocenters. The average Bonchev–Trinajstić information content (AvgIpc) is 2.71. The molecule has 0 bridgehead atoms. The smallest absolute Gasteiger partial charge is 0.159 e. The molecule has 0 amide bonds. The van der Waals surface area contributed by atoms with Gasteiger partial charge in [-0.3, -0.25) is 0 Å². The van der Waals surface area contributed by atoms with Gasteiger partial charge >= 0.3 is 0 Å². The van der Waals surface area contributed by atoms with Crippen molar-refractivity contribution in [2.75, 3.05) is 13.2 Å². The molecule has 0 spiro atoms. The van der Waals surface area contributed by atoms with Crippen LogP contribution in [0.1, 0.15) is 18.0 Å². The molecular weight excluding hydrogens is 214 g/mol. The minimum absolute atomic E-state index is 0.137. The molecule has 15 heavy (non-hydrogen) atoms. The molecule has 1 aliphatic heterocycles. The molecule has 0 aliphatic carbocycles. The fourth-order valence-corrected chi connectivity index (χ4v) is 1.93. The van der Waals surface area contributed by atoms with Crippen LogP contribution in [0.5, 0.6) is 0 Å². The van der Waals surface area contributed by atoms with Crippen LogP contribution in [0.25, 0.3) is 0 Å².